The van der Waals surface area contributed by atoms with E-state index in [0.29, 0.717) is 0 Å². The van der Waals surface area contributed by atoms with E-state index in [1.165, 1.54) is 11.3 Å². The molecular weight excluding hydrogens is 228 g/mol. The molecule has 0 aliphatic rings. The van der Waals surface area contributed by atoms with Gasteiger partial charge in [-0.15, -0.1) is 11.3 Å². The van der Waals surface area contributed by atoms with Gasteiger partial charge >= 0.3 is 0 Å². The molecule has 0 atom stereocenters. The minimum absolute atomic E-state index is 0.741. The number of hydrogen-bond acceptors (Lipinski definition) is 3. The van der Waals surface area contributed by atoms with Crippen LogP contribution >= 0.6 is 22.9 Å². The van der Waals surface area contributed by atoms with Crippen LogP contribution in [0.2, 0.25) is 5.02 Å². The standard InChI is InChI=1S/C11H10ClN2S/c1-14(2)11-4-3-8(5-9(11)12)10-6-15-7-13-10/h3-6H,1-2H3. The Morgan fingerprint density at radius 1 is 1.40 bits per heavy atom. The fraction of sp³-hybridized carbons (Fsp3) is 0.182. The van der Waals surface area contributed by atoms with Crippen LogP contribution in [0.1, 0.15) is 0 Å². The predicted molar refractivity (Wildman–Crippen MR) is 65.7 cm³/mol. The average Bonchev–Trinajstić information content (AvgIpc) is 2.69. The van der Waals surface area contributed by atoms with E-state index in [1.54, 1.807) is 0 Å². The highest BCUT2D eigenvalue weighted by molar-refractivity contribution is 7.07. The Hall–Kier alpha value is -1.06. The number of thiazole rings is 1. The van der Waals surface area contributed by atoms with Crippen molar-refractivity contribution < 1.29 is 0 Å². The average molecular weight is 238 g/mol. The number of nitrogens with zero attached hydrogens (tertiary/aromatic N) is 2. The summed E-state index contributed by atoms with van der Waals surface area (Å²) in [6.07, 6.45) is 0. The van der Waals surface area contributed by atoms with E-state index in [-0.39, 0.29) is 0 Å². The van der Waals surface area contributed by atoms with Gasteiger partial charge in [-0.25, -0.2) is 4.98 Å². The van der Waals surface area contributed by atoms with Crippen molar-refractivity contribution in [1.82, 2.24) is 4.98 Å². The molecule has 2 aromatic rings. The van der Waals surface area contributed by atoms with Gasteiger partial charge in [-0.2, -0.15) is 0 Å². The van der Waals surface area contributed by atoms with Gasteiger partial charge in [-0.1, -0.05) is 17.7 Å². The lowest BCUT2D eigenvalue weighted by molar-refractivity contribution is 1.13. The zero-order valence-electron chi connectivity index (χ0n) is 8.49. The first-order chi connectivity index (χ1) is 7.18. The lowest BCUT2D eigenvalue weighted by Crippen LogP contribution is -2.08. The maximum Gasteiger partial charge on any atom is 0.152 e. The van der Waals surface area contributed by atoms with Gasteiger partial charge < -0.3 is 4.90 Å². The summed E-state index contributed by atoms with van der Waals surface area (Å²) in [4.78, 5) is 6.11. The Morgan fingerprint density at radius 2 is 2.20 bits per heavy atom. The summed E-state index contributed by atoms with van der Waals surface area (Å²) in [6, 6.07) is 5.95. The van der Waals surface area contributed by atoms with Crippen LogP contribution < -0.4 is 4.90 Å². The number of halogens is 1. The zero-order valence-corrected chi connectivity index (χ0v) is 10.1. The zero-order chi connectivity index (χ0) is 10.8. The summed E-state index contributed by atoms with van der Waals surface area (Å²) in [5.74, 6) is 0. The number of benzene rings is 1. The first-order valence-corrected chi connectivity index (χ1v) is 5.73. The Labute approximate surface area is 98.1 Å². The smallest absolute Gasteiger partial charge is 0.152 e. The second-order valence-corrected chi connectivity index (χ2v) is 4.45. The highest BCUT2D eigenvalue weighted by Crippen LogP contribution is 2.29. The molecule has 77 valence electrons. The molecule has 0 fully saturated rings. The molecule has 15 heavy (non-hydrogen) atoms. The minimum Gasteiger partial charge on any atom is -0.376 e. The summed E-state index contributed by atoms with van der Waals surface area (Å²) in [6.45, 7) is 0. The summed E-state index contributed by atoms with van der Waals surface area (Å²) < 4.78 is 0. The first-order valence-electron chi connectivity index (χ1n) is 4.47. The lowest BCUT2D eigenvalue weighted by Gasteiger charge is -2.14. The fourth-order valence-corrected chi connectivity index (χ4v) is 2.20. The van der Waals surface area contributed by atoms with E-state index in [2.05, 4.69) is 10.5 Å². The van der Waals surface area contributed by atoms with E-state index in [0.717, 1.165) is 22.0 Å². The van der Waals surface area contributed by atoms with Crippen molar-refractivity contribution in [2.45, 2.75) is 0 Å². The molecule has 1 radical (unpaired) electrons. The second kappa shape index (κ2) is 4.21. The van der Waals surface area contributed by atoms with Gasteiger partial charge in [0.15, 0.2) is 5.51 Å². The van der Waals surface area contributed by atoms with Crippen LogP contribution in [0.4, 0.5) is 5.69 Å². The largest absolute Gasteiger partial charge is 0.376 e. The van der Waals surface area contributed by atoms with Gasteiger partial charge in [-0.05, 0) is 12.1 Å². The molecule has 2 rings (SSSR count). The third-order valence-electron chi connectivity index (χ3n) is 2.11. The van der Waals surface area contributed by atoms with Crippen LogP contribution in [0.5, 0.6) is 0 Å². The third kappa shape index (κ3) is 2.13. The van der Waals surface area contributed by atoms with Gasteiger partial charge in [0.25, 0.3) is 0 Å². The van der Waals surface area contributed by atoms with E-state index in [1.807, 2.05) is 42.6 Å². The van der Waals surface area contributed by atoms with Gasteiger partial charge in [0.2, 0.25) is 0 Å². The number of rotatable bonds is 2. The highest BCUT2D eigenvalue weighted by Gasteiger charge is 2.06. The van der Waals surface area contributed by atoms with Gasteiger partial charge in [0.1, 0.15) is 0 Å². The Balaban J connectivity index is 2.42. The molecule has 0 saturated heterocycles. The molecule has 0 N–H and O–H groups in total. The van der Waals surface area contributed by atoms with Crippen LogP contribution in [-0.2, 0) is 0 Å². The first kappa shape index (κ1) is 10.5. The monoisotopic (exact) mass is 237 g/mol. The summed E-state index contributed by atoms with van der Waals surface area (Å²) in [7, 11) is 3.94. The molecule has 0 amide bonds. The summed E-state index contributed by atoms with van der Waals surface area (Å²) >= 11 is 7.63. The molecule has 0 aliphatic heterocycles. The Kier molecular flexibility index (Phi) is 2.93. The molecule has 0 spiro atoms. The van der Waals surface area contributed by atoms with Crippen molar-refractivity contribution in [3.05, 3.63) is 34.1 Å². The number of anilines is 1. The second-order valence-electron chi connectivity index (χ2n) is 3.38. The van der Waals surface area contributed by atoms with Crippen molar-refractivity contribution in [1.29, 1.82) is 0 Å². The molecule has 1 heterocycles. The van der Waals surface area contributed by atoms with Gasteiger partial charge in [0.05, 0.1) is 16.4 Å². The molecule has 0 bridgehead atoms. The lowest BCUT2D eigenvalue weighted by atomic mass is 10.1. The number of hydrogen-bond donors (Lipinski definition) is 0. The SMILES string of the molecule is CN(C)c1ccc(-c2cs[c]n2)cc1Cl. The highest BCUT2D eigenvalue weighted by atomic mass is 35.5. The summed E-state index contributed by atoms with van der Waals surface area (Å²) in [5.41, 5.74) is 5.79. The van der Waals surface area contributed by atoms with Crippen LogP contribution in [0.15, 0.2) is 23.6 Å². The van der Waals surface area contributed by atoms with Gasteiger partial charge in [-0.3, -0.25) is 0 Å². The molecular formula is C11H10ClN2S. The topological polar surface area (TPSA) is 16.1 Å². The maximum atomic E-state index is 6.17. The van der Waals surface area contributed by atoms with Crippen molar-refractivity contribution in [3.8, 4) is 11.3 Å². The molecule has 1 aromatic carbocycles. The van der Waals surface area contributed by atoms with E-state index >= 15 is 0 Å². The molecule has 2 nitrogen and oxygen atoms in total. The Bertz CT molecular complexity index is 452. The normalized spacial score (nSPS) is 10.3. The van der Waals surface area contributed by atoms with E-state index in [4.69, 9.17) is 11.6 Å². The quantitative estimate of drug-likeness (QED) is 0.797. The third-order valence-corrected chi connectivity index (χ3v) is 2.96. The summed E-state index contributed by atoms with van der Waals surface area (Å²) in [5, 5.41) is 2.70. The van der Waals surface area contributed by atoms with Crippen molar-refractivity contribution in [2.75, 3.05) is 19.0 Å². The van der Waals surface area contributed by atoms with E-state index in [9.17, 15) is 0 Å². The number of aromatic nitrogens is 1. The molecule has 0 unspecified atom stereocenters. The molecule has 0 aliphatic carbocycles. The van der Waals surface area contributed by atoms with Crippen LogP contribution in [-0.4, -0.2) is 19.1 Å². The predicted octanol–water partition coefficient (Wildman–Crippen LogP) is 3.33. The molecule has 0 saturated carbocycles. The Morgan fingerprint density at radius 3 is 2.73 bits per heavy atom. The van der Waals surface area contributed by atoms with Crippen LogP contribution in [0, 0.1) is 5.51 Å². The van der Waals surface area contributed by atoms with Crippen molar-refractivity contribution in [3.63, 3.8) is 0 Å². The van der Waals surface area contributed by atoms with E-state index < -0.39 is 0 Å². The fourth-order valence-electron chi connectivity index (χ4n) is 1.35. The minimum atomic E-state index is 0.741. The maximum absolute atomic E-state index is 6.17. The van der Waals surface area contributed by atoms with Crippen molar-refractivity contribution >= 4 is 28.6 Å². The molecule has 1 aromatic heterocycles. The van der Waals surface area contributed by atoms with Gasteiger partial charge in [0, 0.05) is 25.0 Å². The van der Waals surface area contributed by atoms with Crippen molar-refractivity contribution in [2.24, 2.45) is 0 Å². The van der Waals surface area contributed by atoms with Crippen LogP contribution in [0.25, 0.3) is 11.3 Å². The van der Waals surface area contributed by atoms with Crippen LogP contribution in [0.3, 0.4) is 0 Å². The molecule has 4 heteroatoms.